The Hall–Kier alpha value is -0.420. The van der Waals surface area contributed by atoms with Gasteiger partial charge in [0.1, 0.15) is 0 Å². The first-order valence-corrected chi connectivity index (χ1v) is 9.04. The van der Waals surface area contributed by atoms with E-state index in [1.165, 1.54) is 35.4 Å². The molecule has 0 saturated heterocycles. The van der Waals surface area contributed by atoms with E-state index in [1.807, 2.05) is 11.3 Å². The lowest BCUT2D eigenvalue weighted by atomic mass is 9.70. The first kappa shape index (κ1) is 16.9. The first-order valence-electron chi connectivity index (χ1n) is 8.23. The summed E-state index contributed by atoms with van der Waals surface area (Å²) in [5, 5.41) is 0. The Morgan fingerprint density at radius 2 is 2.14 bits per heavy atom. The van der Waals surface area contributed by atoms with Crippen LogP contribution in [0.5, 0.6) is 0 Å². The summed E-state index contributed by atoms with van der Waals surface area (Å²) in [6.07, 6.45) is 7.30. The molecule has 0 bridgehead atoms. The number of likely N-dealkylation sites (N-methyl/N-ethyl adjacent to an activating group) is 1. The molecule has 1 fully saturated rings. The average molecular weight is 310 g/mol. The maximum Gasteiger partial charge on any atom is 0.0442 e. The van der Waals surface area contributed by atoms with Crippen molar-refractivity contribution in [3.8, 4) is 0 Å². The lowest BCUT2D eigenvalue weighted by Gasteiger charge is -2.50. The van der Waals surface area contributed by atoms with Crippen LogP contribution in [0.4, 0.5) is 0 Å². The fourth-order valence-electron chi connectivity index (χ4n) is 3.93. The molecule has 3 unspecified atom stereocenters. The van der Waals surface area contributed by atoms with Crippen LogP contribution in [0.15, 0.2) is 12.1 Å². The number of hydrogen-bond acceptors (Lipinski definition) is 4. The van der Waals surface area contributed by atoms with E-state index in [4.69, 9.17) is 5.84 Å². The molecule has 3 N–H and O–H groups in total. The van der Waals surface area contributed by atoms with Gasteiger partial charge in [-0.3, -0.25) is 11.3 Å². The van der Waals surface area contributed by atoms with E-state index in [0.717, 1.165) is 18.8 Å². The highest BCUT2D eigenvalue weighted by molar-refractivity contribution is 7.11. The normalized spacial score (nSPS) is 28.0. The van der Waals surface area contributed by atoms with Gasteiger partial charge in [-0.25, -0.2) is 0 Å². The second kappa shape index (κ2) is 7.23. The van der Waals surface area contributed by atoms with Crippen molar-refractivity contribution < 1.29 is 0 Å². The minimum absolute atomic E-state index is 0.183. The number of nitrogens with one attached hydrogen (secondary N) is 1. The Kier molecular flexibility index (Phi) is 5.83. The minimum Gasteiger partial charge on any atom is -0.302 e. The molecule has 1 saturated carbocycles. The third-order valence-electron chi connectivity index (χ3n) is 5.22. The SMILES string of the molecule is CCc1ccc(CC(NN)C2(N(C)C)CCCC(C)C2)s1. The summed E-state index contributed by atoms with van der Waals surface area (Å²) >= 11 is 1.94. The fraction of sp³-hybridized carbons (Fsp3) is 0.765. The number of hydrazine groups is 1. The second-order valence-electron chi connectivity index (χ2n) is 6.84. The van der Waals surface area contributed by atoms with Gasteiger partial charge in [-0.15, -0.1) is 11.3 Å². The first-order chi connectivity index (χ1) is 10.0. The number of nitrogens with zero attached hydrogens (tertiary/aromatic N) is 1. The molecule has 1 aromatic heterocycles. The van der Waals surface area contributed by atoms with Crippen molar-refractivity contribution in [1.29, 1.82) is 0 Å². The average Bonchev–Trinajstić information content (AvgIpc) is 2.92. The van der Waals surface area contributed by atoms with Crippen molar-refractivity contribution in [1.82, 2.24) is 10.3 Å². The molecule has 0 radical (unpaired) electrons. The summed E-state index contributed by atoms with van der Waals surface area (Å²) in [7, 11) is 4.43. The molecule has 21 heavy (non-hydrogen) atoms. The quantitative estimate of drug-likeness (QED) is 0.626. The second-order valence-corrected chi connectivity index (χ2v) is 8.10. The zero-order chi connectivity index (χ0) is 15.5. The molecular weight excluding hydrogens is 278 g/mol. The summed E-state index contributed by atoms with van der Waals surface area (Å²) in [6.45, 7) is 4.60. The van der Waals surface area contributed by atoms with Crippen molar-refractivity contribution in [2.24, 2.45) is 11.8 Å². The molecule has 1 aliphatic rings. The zero-order valence-electron chi connectivity index (χ0n) is 14.0. The van der Waals surface area contributed by atoms with Crippen LogP contribution in [0.25, 0.3) is 0 Å². The van der Waals surface area contributed by atoms with E-state index in [1.54, 1.807) is 0 Å². The highest BCUT2D eigenvalue weighted by Gasteiger charge is 2.43. The van der Waals surface area contributed by atoms with Gasteiger partial charge in [-0.2, -0.15) is 0 Å². The number of rotatable bonds is 6. The number of aryl methyl sites for hydroxylation is 1. The molecule has 3 nitrogen and oxygen atoms in total. The topological polar surface area (TPSA) is 41.3 Å². The van der Waals surface area contributed by atoms with E-state index in [0.29, 0.717) is 6.04 Å². The van der Waals surface area contributed by atoms with Gasteiger partial charge in [-0.1, -0.05) is 26.7 Å². The third kappa shape index (κ3) is 3.67. The molecule has 0 amide bonds. The van der Waals surface area contributed by atoms with E-state index in [2.05, 4.69) is 50.4 Å². The Labute approximate surface area is 133 Å². The fourth-order valence-corrected chi connectivity index (χ4v) is 4.93. The molecule has 120 valence electrons. The Bertz CT molecular complexity index is 443. The van der Waals surface area contributed by atoms with Gasteiger partial charge in [0.25, 0.3) is 0 Å². The maximum atomic E-state index is 5.99. The summed E-state index contributed by atoms with van der Waals surface area (Å²) in [5.41, 5.74) is 3.34. The molecule has 1 aromatic rings. The predicted molar refractivity (Wildman–Crippen MR) is 92.6 cm³/mol. The zero-order valence-corrected chi connectivity index (χ0v) is 14.8. The van der Waals surface area contributed by atoms with Crippen LogP contribution in [0.3, 0.4) is 0 Å². The monoisotopic (exact) mass is 309 g/mol. The van der Waals surface area contributed by atoms with Gasteiger partial charge in [-0.05, 0) is 51.4 Å². The number of hydrogen-bond donors (Lipinski definition) is 2. The van der Waals surface area contributed by atoms with Crippen LogP contribution in [-0.2, 0) is 12.8 Å². The molecule has 3 atom stereocenters. The maximum absolute atomic E-state index is 5.99. The summed E-state index contributed by atoms with van der Waals surface area (Å²) in [6, 6.07) is 4.86. The van der Waals surface area contributed by atoms with Gasteiger partial charge >= 0.3 is 0 Å². The van der Waals surface area contributed by atoms with Crippen LogP contribution in [-0.4, -0.2) is 30.6 Å². The van der Waals surface area contributed by atoms with Gasteiger partial charge in [0, 0.05) is 27.8 Å². The van der Waals surface area contributed by atoms with E-state index >= 15 is 0 Å². The van der Waals surface area contributed by atoms with Gasteiger partial charge in [0.05, 0.1) is 0 Å². The molecule has 1 aliphatic carbocycles. The van der Waals surface area contributed by atoms with E-state index in [-0.39, 0.29) is 5.54 Å². The minimum atomic E-state index is 0.183. The molecule has 1 heterocycles. The molecule has 0 aliphatic heterocycles. The van der Waals surface area contributed by atoms with Crippen LogP contribution in [0.1, 0.15) is 49.3 Å². The standard InChI is InChI=1S/C17H31N3S/c1-5-14-8-9-15(21-14)11-16(19-18)17(20(3)4)10-6-7-13(2)12-17/h8-9,13,16,19H,5-7,10-12,18H2,1-4H3. The molecule has 4 heteroatoms. The van der Waals surface area contributed by atoms with Crippen LogP contribution < -0.4 is 11.3 Å². The number of thiophene rings is 1. The lowest BCUT2D eigenvalue weighted by Crippen LogP contribution is -2.63. The Morgan fingerprint density at radius 3 is 2.67 bits per heavy atom. The van der Waals surface area contributed by atoms with Gasteiger partial charge in [0.15, 0.2) is 0 Å². The summed E-state index contributed by atoms with van der Waals surface area (Å²) in [4.78, 5) is 5.34. The molecule has 2 rings (SSSR count). The van der Waals surface area contributed by atoms with Crippen molar-refractivity contribution in [3.05, 3.63) is 21.9 Å². The predicted octanol–water partition coefficient (Wildman–Crippen LogP) is 3.20. The largest absolute Gasteiger partial charge is 0.302 e. The lowest BCUT2D eigenvalue weighted by molar-refractivity contribution is 0.0376. The highest BCUT2D eigenvalue weighted by Crippen LogP contribution is 2.39. The van der Waals surface area contributed by atoms with Crippen molar-refractivity contribution in [2.45, 2.75) is 64.0 Å². The van der Waals surface area contributed by atoms with Crippen LogP contribution in [0.2, 0.25) is 0 Å². The molecule has 0 aromatic carbocycles. The van der Waals surface area contributed by atoms with Crippen LogP contribution in [0, 0.1) is 5.92 Å². The third-order valence-corrected chi connectivity index (χ3v) is 6.47. The Balaban J connectivity index is 2.19. The van der Waals surface area contributed by atoms with Crippen molar-refractivity contribution >= 4 is 11.3 Å². The molecule has 0 spiro atoms. The van der Waals surface area contributed by atoms with Crippen molar-refractivity contribution in [3.63, 3.8) is 0 Å². The Morgan fingerprint density at radius 1 is 1.43 bits per heavy atom. The van der Waals surface area contributed by atoms with E-state index < -0.39 is 0 Å². The summed E-state index contributed by atoms with van der Waals surface area (Å²) < 4.78 is 0. The van der Waals surface area contributed by atoms with Crippen LogP contribution >= 0.6 is 11.3 Å². The molecular formula is C17H31N3S. The number of nitrogens with two attached hydrogens (primary N) is 1. The summed E-state index contributed by atoms with van der Waals surface area (Å²) in [5.74, 6) is 6.77. The van der Waals surface area contributed by atoms with E-state index in [9.17, 15) is 0 Å². The highest BCUT2D eigenvalue weighted by atomic mass is 32.1. The van der Waals surface area contributed by atoms with Gasteiger partial charge in [0.2, 0.25) is 0 Å². The van der Waals surface area contributed by atoms with Gasteiger partial charge < -0.3 is 4.90 Å². The smallest absolute Gasteiger partial charge is 0.0442 e. The van der Waals surface area contributed by atoms with Crippen molar-refractivity contribution in [2.75, 3.05) is 14.1 Å².